The maximum atomic E-state index is 6.15. The zero-order valence-corrected chi connectivity index (χ0v) is 20.7. The van der Waals surface area contributed by atoms with Gasteiger partial charge < -0.3 is 20.1 Å². The topological polar surface area (TPSA) is 108 Å². The zero-order chi connectivity index (χ0) is 24.1. The fraction of sp³-hybridized carbons (Fsp3) is 0.318. The van der Waals surface area contributed by atoms with Crippen LogP contribution in [0.25, 0.3) is 27.8 Å². The molecule has 0 spiro atoms. The number of likely N-dealkylation sites (N-methyl/N-ethyl adjacent to an activating group) is 1. The summed E-state index contributed by atoms with van der Waals surface area (Å²) in [5.74, 6) is 1.98. The van der Waals surface area contributed by atoms with Gasteiger partial charge in [0.05, 0.1) is 40.0 Å². The van der Waals surface area contributed by atoms with Crippen LogP contribution in [0.2, 0.25) is 10.0 Å². The lowest BCUT2D eigenvalue weighted by Gasteiger charge is -2.32. The van der Waals surface area contributed by atoms with Crippen molar-refractivity contribution in [1.82, 2.24) is 44.2 Å². The second-order valence-corrected chi connectivity index (χ2v) is 9.47. The predicted molar refractivity (Wildman–Crippen MR) is 136 cm³/mol. The average Bonchev–Trinajstić information content (AvgIpc) is 3.56. The average molecular weight is 512 g/mol. The van der Waals surface area contributed by atoms with E-state index < -0.39 is 0 Å². The summed E-state index contributed by atoms with van der Waals surface area (Å²) in [5.41, 5.74) is 4.13. The van der Waals surface area contributed by atoms with Crippen molar-refractivity contribution in [2.45, 2.75) is 6.54 Å². The maximum absolute atomic E-state index is 6.15. The molecule has 0 bridgehead atoms. The molecule has 6 rings (SSSR count). The molecule has 0 unspecified atom stereocenters. The Morgan fingerprint density at radius 1 is 0.971 bits per heavy atom. The molecular formula is C22H23Cl2N11. The molecule has 11 nitrogen and oxygen atoms in total. The Morgan fingerprint density at radius 2 is 1.77 bits per heavy atom. The molecule has 1 aliphatic heterocycles. The number of imidazole rings is 1. The van der Waals surface area contributed by atoms with Crippen LogP contribution in [0.4, 0.5) is 11.9 Å². The molecule has 0 amide bonds. The van der Waals surface area contributed by atoms with Crippen molar-refractivity contribution in [2.75, 3.05) is 43.4 Å². The Balaban J connectivity index is 1.37. The van der Waals surface area contributed by atoms with E-state index in [-0.39, 0.29) is 0 Å². The van der Waals surface area contributed by atoms with E-state index in [9.17, 15) is 0 Å². The van der Waals surface area contributed by atoms with Crippen LogP contribution >= 0.6 is 23.2 Å². The number of hydrogen-bond donors (Lipinski definition) is 2. The highest BCUT2D eigenvalue weighted by Gasteiger charge is 2.21. The summed E-state index contributed by atoms with van der Waals surface area (Å²) < 4.78 is 3.49. The number of benzene rings is 1. The minimum Gasteiger partial charge on any atom is -0.347 e. The van der Waals surface area contributed by atoms with Gasteiger partial charge in [0, 0.05) is 50.6 Å². The molecule has 5 heterocycles. The lowest BCUT2D eigenvalue weighted by Crippen LogP contribution is -2.45. The Morgan fingerprint density at radius 3 is 2.54 bits per heavy atom. The number of nitrogens with zero attached hydrogens (tertiary/aromatic N) is 9. The minimum atomic E-state index is 0.403. The predicted octanol–water partition coefficient (Wildman–Crippen LogP) is 3.07. The van der Waals surface area contributed by atoms with E-state index in [1.807, 2.05) is 19.4 Å². The lowest BCUT2D eigenvalue weighted by molar-refractivity contribution is 0.311. The summed E-state index contributed by atoms with van der Waals surface area (Å²) in [4.78, 5) is 22.2. The molecule has 1 aromatic carbocycles. The van der Waals surface area contributed by atoms with E-state index in [0.717, 1.165) is 54.2 Å². The Kier molecular flexibility index (Phi) is 5.47. The maximum Gasteiger partial charge on any atom is 0.230 e. The van der Waals surface area contributed by atoms with Crippen molar-refractivity contribution < 1.29 is 0 Å². The van der Waals surface area contributed by atoms with Gasteiger partial charge in [0.25, 0.3) is 0 Å². The first-order valence-electron chi connectivity index (χ1n) is 11.2. The molecule has 1 fully saturated rings. The van der Waals surface area contributed by atoms with Crippen molar-refractivity contribution in [3.8, 4) is 11.1 Å². The van der Waals surface area contributed by atoms with Gasteiger partial charge in [0.2, 0.25) is 11.9 Å². The molecule has 180 valence electrons. The van der Waals surface area contributed by atoms with Gasteiger partial charge in [-0.1, -0.05) is 23.2 Å². The van der Waals surface area contributed by atoms with Gasteiger partial charge >= 0.3 is 0 Å². The van der Waals surface area contributed by atoms with Crippen molar-refractivity contribution in [3.05, 3.63) is 46.6 Å². The molecule has 5 aromatic rings. The largest absolute Gasteiger partial charge is 0.347 e. The second kappa shape index (κ2) is 8.67. The number of H-pyrrole nitrogens is 1. The highest BCUT2D eigenvalue weighted by molar-refractivity contribution is 6.42. The molecular weight excluding hydrogens is 489 g/mol. The first-order valence-corrected chi connectivity index (χ1v) is 12.0. The smallest absolute Gasteiger partial charge is 0.230 e. The molecule has 0 radical (unpaired) electrons. The van der Waals surface area contributed by atoms with Crippen LogP contribution in [0.3, 0.4) is 0 Å². The van der Waals surface area contributed by atoms with E-state index in [0.29, 0.717) is 34.1 Å². The molecule has 4 aromatic heterocycles. The highest BCUT2D eigenvalue weighted by atomic mass is 35.5. The quantitative estimate of drug-likeness (QED) is 0.370. The number of anilines is 2. The lowest BCUT2D eigenvalue weighted by atomic mass is 10.2. The van der Waals surface area contributed by atoms with E-state index in [1.54, 1.807) is 27.5 Å². The molecule has 0 saturated carbocycles. The standard InChI is InChI=1S/C22H23Cl2N11/c1-32-3-5-34(6-4-32)22-30-20-14(13-9-26-33(2)12-13)10-27-35(20)21(31-22)25-11-19-28-17-7-15(23)16(24)8-18(17)29-19/h7-10,12H,3-6,11H2,1-2H3,(H,28,29)(H,25,30,31). The second-order valence-electron chi connectivity index (χ2n) is 8.65. The number of rotatable bonds is 5. The third kappa shape index (κ3) is 4.15. The van der Waals surface area contributed by atoms with Crippen molar-refractivity contribution in [2.24, 2.45) is 7.05 Å². The zero-order valence-electron chi connectivity index (χ0n) is 19.2. The number of aryl methyl sites for hydroxylation is 1. The van der Waals surface area contributed by atoms with Gasteiger partial charge in [-0.2, -0.15) is 24.7 Å². The van der Waals surface area contributed by atoms with E-state index in [2.05, 4.69) is 42.3 Å². The summed E-state index contributed by atoms with van der Waals surface area (Å²) in [6.45, 7) is 4.02. The van der Waals surface area contributed by atoms with Crippen LogP contribution in [-0.4, -0.2) is 77.5 Å². The molecule has 1 saturated heterocycles. The SMILES string of the molecule is CN1CCN(c2nc(NCc3nc4cc(Cl)c(Cl)cc4[nH]3)n3ncc(-c4cnn(C)c4)c3n2)CC1. The first-order chi connectivity index (χ1) is 16.9. The number of aromatic amines is 1. The summed E-state index contributed by atoms with van der Waals surface area (Å²) in [5, 5.41) is 13.2. The Hall–Kier alpha value is -3.41. The number of piperazine rings is 1. The molecule has 0 aliphatic carbocycles. The Labute approximate surface area is 210 Å². The van der Waals surface area contributed by atoms with Crippen LogP contribution in [0, 0.1) is 0 Å². The van der Waals surface area contributed by atoms with Crippen LogP contribution in [0.5, 0.6) is 0 Å². The van der Waals surface area contributed by atoms with Crippen LogP contribution in [0.1, 0.15) is 5.82 Å². The molecule has 13 heteroatoms. The molecule has 35 heavy (non-hydrogen) atoms. The molecule has 2 N–H and O–H groups in total. The number of hydrogen-bond acceptors (Lipinski definition) is 8. The van der Waals surface area contributed by atoms with Crippen molar-refractivity contribution >= 4 is 51.8 Å². The fourth-order valence-corrected chi connectivity index (χ4v) is 4.52. The van der Waals surface area contributed by atoms with Crippen LogP contribution in [0.15, 0.2) is 30.7 Å². The van der Waals surface area contributed by atoms with Crippen molar-refractivity contribution in [1.29, 1.82) is 0 Å². The van der Waals surface area contributed by atoms with Gasteiger partial charge in [-0.15, -0.1) is 0 Å². The van der Waals surface area contributed by atoms with Gasteiger partial charge in [0.15, 0.2) is 5.65 Å². The van der Waals surface area contributed by atoms with Gasteiger partial charge in [-0.05, 0) is 19.2 Å². The van der Waals surface area contributed by atoms with Crippen LogP contribution < -0.4 is 10.2 Å². The van der Waals surface area contributed by atoms with E-state index in [4.69, 9.17) is 33.2 Å². The van der Waals surface area contributed by atoms with E-state index in [1.165, 1.54) is 0 Å². The number of fused-ring (bicyclic) bond motifs is 2. The molecule has 0 atom stereocenters. The monoisotopic (exact) mass is 511 g/mol. The van der Waals surface area contributed by atoms with Crippen molar-refractivity contribution in [3.63, 3.8) is 0 Å². The summed E-state index contributed by atoms with van der Waals surface area (Å²) >= 11 is 12.3. The summed E-state index contributed by atoms with van der Waals surface area (Å²) in [6, 6.07) is 3.53. The number of aromatic nitrogens is 8. The van der Waals surface area contributed by atoms with E-state index >= 15 is 0 Å². The normalized spacial score (nSPS) is 14.9. The summed E-state index contributed by atoms with van der Waals surface area (Å²) in [7, 11) is 4.01. The third-order valence-corrected chi connectivity index (χ3v) is 6.87. The van der Waals surface area contributed by atoms with Gasteiger partial charge in [0.1, 0.15) is 5.82 Å². The molecule has 1 aliphatic rings. The Bertz CT molecular complexity index is 1490. The first kappa shape index (κ1) is 22.1. The van der Waals surface area contributed by atoms with Gasteiger partial charge in [-0.25, -0.2) is 4.98 Å². The minimum absolute atomic E-state index is 0.403. The highest BCUT2D eigenvalue weighted by Crippen LogP contribution is 2.28. The summed E-state index contributed by atoms with van der Waals surface area (Å²) in [6.07, 6.45) is 5.56. The van der Waals surface area contributed by atoms with Gasteiger partial charge in [-0.3, -0.25) is 4.68 Å². The fourth-order valence-electron chi connectivity index (χ4n) is 4.20. The number of halogens is 2. The van der Waals surface area contributed by atoms with Crippen LogP contribution in [-0.2, 0) is 13.6 Å². The third-order valence-electron chi connectivity index (χ3n) is 6.15. The number of nitrogens with one attached hydrogen (secondary N) is 2.